The van der Waals surface area contributed by atoms with Gasteiger partial charge >= 0.3 is 0 Å². The van der Waals surface area contributed by atoms with Crippen molar-refractivity contribution in [1.82, 2.24) is 4.90 Å². The number of benzene rings is 2. The molecule has 2 aromatic carbocycles. The van der Waals surface area contributed by atoms with Crippen molar-refractivity contribution < 1.29 is 9.59 Å². The lowest BCUT2D eigenvalue weighted by atomic mass is 10.1. The van der Waals surface area contributed by atoms with Crippen LogP contribution >= 0.6 is 0 Å². The van der Waals surface area contributed by atoms with Crippen LogP contribution in [0.15, 0.2) is 48.5 Å². The number of nitrogens with one attached hydrogen (secondary N) is 2. The van der Waals surface area contributed by atoms with Gasteiger partial charge in [0, 0.05) is 23.5 Å². The molecule has 0 aromatic heterocycles. The second-order valence-electron chi connectivity index (χ2n) is 7.57. The number of carbonyl (C=O) groups excluding carboxylic acids is 2. The maximum atomic E-state index is 12.4. The summed E-state index contributed by atoms with van der Waals surface area (Å²) < 4.78 is 0. The first kappa shape index (κ1) is 20.9. The number of likely N-dealkylation sites (tertiary alicyclic amines) is 1. The molecule has 1 aliphatic heterocycles. The third-order valence-corrected chi connectivity index (χ3v) is 5.17. The highest BCUT2D eigenvalue weighted by molar-refractivity contribution is 5.94. The minimum absolute atomic E-state index is 0.0186. The average molecular weight is 395 g/mol. The van der Waals surface area contributed by atoms with Crippen molar-refractivity contribution in [3.8, 4) is 0 Å². The van der Waals surface area contributed by atoms with Gasteiger partial charge in [-0.2, -0.15) is 0 Å². The number of carbonyl (C=O) groups is 2. The van der Waals surface area contributed by atoms with E-state index in [0.29, 0.717) is 36.4 Å². The molecule has 0 spiro atoms. The molecule has 1 heterocycles. The Morgan fingerprint density at radius 3 is 2.21 bits per heavy atom. The van der Waals surface area contributed by atoms with Gasteiger partial charge in [-0.25, -0.2) is 0 Å². The Morgan fingerprint density at radius 1 is 0.862 bits per heavy atom. The van der Waals surface area contributed by atoms with E-state index in [1.165, 1.54) is 12.8 Å². The monoisotopic (exact) mass is 394 g/mol. The maximum Gasteiger partial charge on any atom is 0.238 e. The summed E-state index contributed by atoms with van der Waals surface area (Å²) in [5.74, 6) is -0.101. The van der Waals surface area contributed by atoms with Crippen LogP contribution in [0.2, 0.25) is 0 Å². The Kier molecular flexibility index (Phi) is 7.64. The second kappa shape index (κ2) is 10.6. The molecule has 1 fully saturated rings. The molecule has 2 amide bonds. The van der Waals surface area contributed by atoms with Crippen LogP contribution < -0.4 is 16.4 Å². The molecule has 4 N–H and O–H groups in total. The number of nitrogens with zero attached hydrogens (tertiary/aromatic N) is 1. The van der Waals surface area contributed by atoms with Crippen LogP contribution in [-0.4, -0.2) is 36.3 Å². The Balaban J connectivity index is 1.48. The molecule has 0 atom stereocenters. The molecule has 3 rings (SSSR count). The second-order valence-corrected chi connectivity index (χ2v) is 7.57. The van der Waals surface area contributed by atoms with E-state index in [1.54, 1.807) is 6.07 Å². The first-order valence-electron chi connectivity index (χ1n) is 10.4. The van der Waals surface area contributed by atoms with Gasteiger partial charge in [0.05, 0.1) is 6.54 Å². The molecular formula is C23H30N4O2. The Morgan fingerprint density at radius 2 is 1.52 bits per heavy atom. The highest BCUT2D eigenvalue weighted by atomic mass is 16.2. The molecule has 29 heavy (non-hydrogen) atoms. The number of aryl methyl sites for hydroxylation is 1. The zero-order chi connectivity index (χ0) is 20.5. The summed E-state index contributed by atoms with van der Waals surface area (Å²) in [5.41, 5.74) is 8.96. The fourth-order valence-electron chi connectivity index (χ4n) is 3.61. The average Bonchev–Trinajstić information content (AvgIpc) is 2.96. The normalized spacial score (nSPS) is 14.8. The van der Waals surface area contributed by atoms with Crippen LogP contribution in [0.5, 0.6) is 0 Å². The lowest BCUT2D eigenvalue weighted by Gasteiger charge is -2.19. The van der Waals surface area contributed by atoms with Gasteiger partial charge < -0.3 is 16.4 Å². The van der Waals surface area contributed by atoms with E-state index in [1.807, 2.05) is 42.5 Å². The van der Waals surface area contributed by atoms with E-state index in [0.717, 1.165) is 31.5 Å². The Bertz CT molecular complexity index is 829. The summed E-state index contributed by atoms with van der Waals surface area (Å²) in [4.78, 5) is 26.9. The molecule has 0 unspecified atom stereocenters. The van der Waals surface area contributed by atoms with Gasteiger partial charge in [0.2, 0.25) is 11.8 Å². The van der Waals surface area contributed by atoms with Gasteiger partial charge in [-0.05, 0) is 62.2 Å². The number of hydrogen-bond acceptors (Lipinski definition) is 4. The van der Waals surface area contributed by atoms with Crippen LogP contribution in [0.1, 0.15) is 37.7 Å². The van der Waals surface area contributed by atoms with Crippen LogP contribution in [0.4, 0.5) is 17.1 Å². The summed E-state index contributed by atoms with van der Waals surface area (Å²) in [6.45, 7) is 2.37. The summed E-state index contributed by atoms with van der Waals surface area (Å²) in [6.07, 6.45) is 5.74. The predicted molar refractivity (Wildman–Crippen MR) is 118 cm³/mol. The smallest absolute Gasteiger partial charge is 0.238 e. The zero-order valence-electron chi connectivity index (χ0n) is 16.8. The highest BCUT2D eigenvalue weighted by Crippen LogP contribution is 2.17. The van der Waals surface area contributed by atoms with Crippen LogP contribution in [0.25, 0.3) is 0 Å². The fraction of sp³-hybridized carbons (Fsp3) is 0.391. The van der Waals surface area contributed by atoms with E-state index in [-0.39, 0.29) is 11.8 Å². The summed E-state index contributed by atoms with van der Waals surface area (Å²) in [5, 5.41) is 5.83. The third kappa shape index (κ3) is 6.91. The molecule has 0 saturated carbocycles. The SMILES string of the molecule is Nc1ccccc1CCC(=O)Nc1cccc(NC(=O)CN2CCCCCC2)c1. The Labute approximate surface area is 172 Å². The zero-order valence-corrected chi connectivity index (χ0v) is 16.8. The van der Waals surface area contributed by atoms with Gasteiger partial charge in [0.1, 0.15) is 0 Å². The lowest BCUT2D eigenvalue weighted by Crippen LogP contribution is -2.33. The molecule has 1 aliphatic rings. The Hall–Kier alpha value is -2.86. The van der Waals surface area contributed by atoms with Crippen molar-refractivity contribution in [2.75, 3.05) is 36.0 Å². The topological polar surface area (TPSA) is 87.5 Å². The molecule has 0 bridgehead atoms. The summed E-state index contributed by atoms with van der Waals surface area (Å²) in [6, 6.07) is 14.8. The van der Waals surface area contributed by atoms with Crippen molar-refractivity contribution in [3.63, 3.8) is 0 Å². The van der Waals surface area contributed by atoms with Gasteiger partial charge in [-0.15, -0.1) is 0 Å². The number of para-hydroxylation sites is 1. The van der Waals surface area contributed by atoms with E-state index in [2.05, 4.69) is 15.5 Å². The number of amides is 2. The van der Waals surface area contributed by atoms with Crippen molar-refractivity contribution >= 4 is 28.9 Å². The fourth-order valence-corrected chi connectivity index (χ4v) is 3.61. The van der Waals surface area contributed by atoms with Gasteiger partial charge in [-0.1, -0.05) is 37.1 Å². The van der Waals surface area contributed by atoms with Gasteiger partial charge in [0.15, 0.2) is 0 Å². The number of nitrogens with two attached hydrogens (primary N) is 1. The lowest BCUT2D eigenvalue weighted by molar-refractivity contribution is -0.117. The molecule has 0 aliphatic carbocycles. The van der Waals surface area contributed by atoms with Gasteiger partial charge in [0.25, 0.3) is 0 Å². The van der Waals surface area contributed by atoms with Crippen molar-refractivity contribution in [2.45, 2.75) is 38.5 Å². The quantitative estimate of drug-likeness (QED) is 0.626. The predicted octanol–water partition coefficient (Wildman–Crippen LogP) is 3.65. The molecular weight excluding hydrogens is 364 g/mol. The molecule has 0 radical (unpaired) electrons. The number of rotatable bonds is 7. The largest absolute Gasteiger partial charge is 0.399 e. The molecule has 6 heteroatoms. The molecule has 6 nitrogen and oxygen atoms in total. The number of nitrogen functional groups attached to an aromatic ring is 1. The number of hydrogen-bond donors (Lipinski definition) is 3. The third-order valence-electron chi connectivity index (χ3n) is 5.17. The standard InChI is InChI=1S/C23H30N4O2/c24-21-11-4-3-8-18(21)12-13-22(28)25-19-9-7-10-20(16-19)26-23(29)17-27-14-5-1-2-6-15-27/h3-4,7-11,16H,1-2,5-6,12-15,17,24H2,(H,25,28)(H,26,29). The number of anilines is 3. The van der Waals surface area contributed by atoms with Gasteiger partial charge in [-0.3, -0.25) is 14.5 Å². The van der Waals surface area contributed by atoms with Crippen molar-refractivity contribution in [2.24, 2.45) is 0 Å². The van der Waals surface area contributed by atoms with E-state index >= 15 is 0 Å². The summed E-state index contributed by atoms with van der Waals surface area (Å²) >= 11 is 0. The first-order valence-corrected chi connectivity index (χ1v) is 10.4. The molecule has 1 saturated heterocycles. The maximum absolute atomic E-state index is 12.4. The van der Waals surface area contributed by atoms with E-state index < -0.39 is 0 Å². The molecule has 2 aromatic rings. The van der Waals surface area contributed by atoms with Crippen molar-refractivity contribution in [3.05, 3.63) is 54.1 Å². The van der Waals surface area contributed by atoms with Crippen LogP contribution in [-0.2, 0) is 16.0 Å². The van der Waals surface area contributed by atoms with Crippen molar-refractivity contribution in [1.29, 1.82) is 0 Å². The minimum atomic E-state index is -0.0821. The van der Waals surface area contributed by atoms with E-state index in [4.69, 9.17) is 5.73 Å². The van der Waals surface area contributed by atoms with E-state index in [9.17, 15) is 9.59 Å². The summed E-state index contributed by atoms with van der Waals surface area (Å²) in [7, 11) is 0. The minimum Gasteiger partial charge on any atom is -0.399 e. The highest BCUT2D eigenvalue weighted by Gasteiger charge is 2.13. The van der Waals surface area contributed by atoms with Crippen LogP contribution in [0, 0.1) is 0 Å². The first-order chi connectivity index (χ1) is 14.1. The van der Waals surface area contributed by atoms with Crippen LogP contribution in [0.3, 0.4) is 0 Å². The molecule has 154 valence electrons.